The van der Waals surface area contributed by atoms with Gasteiger partial charge in [-0.3, -0.25) is 5.10 Å². The highest BCUT2D eigenvalue weighted by Crippen LogP contribution is 2.44. The van der Waals surface area contributed by atoms with Crippen LogP contribution in [0.4, 0.5) is 0 Å². The molecule has 3 rings (SSSR count). The average Bonchev–Trinajstić information content (AvgIpc) is 3.05. The van der Waals surface area contributed by atoms with Crippen LogP contribution in [0.3, 0.4) is 0 Å². The summed E-state index contributed by atoms with van der Waals surface area (Å²) in [6.45, 7) is 2.19. The quantitative estimate of drug-likeness (QED) is 0.754. The summed E-state index contributed by atoms with van der Waals surface area (Å²) < 4.78 is 28.2. The van der Waals surface area contributed by atoms with Crippen molar-refractivity contribution >= 4 is 10.0 Å². The maximum Gasteiger partial charge on any atom is 0.244 e. The smallest absolute Gasteiger partial charge is 0.244 e. The first-order valence-corrected chi connectivity index (χ1v) is 8.70. The molecule has 2 aliphatic carbocycles. The molecule has 1 heterocycles. The SMILES string of the molecule is CNCc1n[nH]c(C)c1S(=O)(=O)NC1CC2CCC1C2. The van der Waals surface area contributed by atoms with Gasteiger partial charge in [0.15, 0.2) is 0 Å². The summed E-state index contributed by atoms with van der Waals surface area (Å²) in [5.74, 6) is 1.24. The second-order valence-electron chi connectivity index (χ2n) is 6.06. The van der Waals surface area contributed by atoms with Gasteiger partial charge in [0.05, 0.1) is 11.4 Å². The molecule has 2 fully saturated rings. The first-order valence-electron chi connectivity index (χ1n) is 7.22. The minimum absolute atomic E-state index is 0.107. The third kappa shape index (κ3) is 2.38. The molecule has 3 unspecified atom stereocenters. The second kappa shape index (κ2) is 5.13. The van der Waals surface area contributed by atoms with Crippen LogP contribution in [-0.4, -0.2) is 31.7 Å². The number of rotatable bonds is 5. The first kappa shape index (κ1) is 14.0. The van der Waals surface area contributed by atoms with E-state index in [0.717, 1.165) is 18.8 Å². The van der Waals surface area contributed by atoms with Crippen LogP contribution in [0.5, 0.6) is 0 Å². The molecule has 0 radical (unpaired) electrons. The molecule has 2 bridgehead atoms. The molecule has 2 saturated carbocycles. The molecule has 1 aromatic rings. The zero-order valence-corrected chi connectivity index (χ0v) is 12.8. The number of nitrogens with one attached hydrogen (secondary N) is 3. The highest BCUT2D eigenvalue weighted by molar-refractivity contribution is 7.89. The second-order valence-corrected chi connectivity index (χ2v) is 7.71. The number of aromatic nitrogens is 2. The Labute approximate surface area is 119 Å². The number of hydrogen-bond acceptors (Lipinski definition) is 4. The van der Waals surface area contributed by atoms with E-state index in [4.69, 9.17) is 0 Å². The third-order valence-electron chi connectivity index (χ3n) is 4.62. The highest BCUT2D eigenvalue weighted by atomic mass is 32.2. The van der Waals surface area contributed by atoms with Crippen LogP contribution in [-0.2, 0) is 16.6 Å². The number of hydrogen-bond donors (Lipinski definition) is 3. The molecular formula is C13H22N4O2S. The van der Waals surface area contributed by atoms with E-state index in [9.17, 15) is 8.42 Å². The van der Waals surface area contributed by atoms with E-state index in [2.05, 4.69) is 20.2 Å². The summed E-state index contributed by atoms with van der Waals surface area (Å²) in [6, 6.07) is 0.107. The van der Waals surface area contributed by atoms with Crippen molar-refractivity contribution in [1.82, 2.24) is 20.2 Å². The Hall–Kier alpha value is -0.920. The Morgan fingerprint density at radius 3 is 2.75 bits per heavy atom. The molecule has 0 amide bonds. The van der Waals surface area contributed by atoms with Crippen LogP contribution in [0, 0.1) is 18.8 Å². The van der Waals surface area contributed by atoms with Crippen molar-refractivity contribution in [2.45, 2.75) is 50.1 Å². The first-order chi connectivity index (χ1) is 9.51. The minimum Gasteiger partial charge on any atom is -0.314 e. The summed E-state index contributed by atoms with van der Waals surface area (Å²) in [7, 11) is -1.71. The van der Waals surface area contributed by atoms with Gasteiger partial charge >= 0.3 is 0 Å². The Kier molecular flexibility index (Phi) is 3.60. The van der Waals surface area contributed by atoms with E-state index in [1.165, 1.54) is 12.8 Å². The zero-order valence-electron chi connectivity index (χ0n) is 11.9. The fraction of sp³-hybridized carbons (Fsp3) is 0.769. The average molecular weight is 298 g/mol. The van der Waals surface area contributed by atoms with Gasteiger partial charge in [0.1, 0.15) is 4.90 Å². The lowest BCUT2D eigenvalue weighted by Gasteiger charge is -2.22. The predicted molar refractivity (Wildman–Crippen MR) is 75.6 cm³/mol. The van der Waals surface area contributed by atoms with Crippen LogP contribution in [0.25, 0.3) is 0 Å². The molecule has 1 aromatic heterocycles. The number of nitrogens with zero attached hydrogens (tertiary/aromatic N) is 1. The molecule has 112 valence electrons. The summed E-state index contributed by atoms with van der Waals surface area (Å²) >= 11 is 0. The summed E-state index contributed by atoms with van der Waals surface area (Å²) in [5, 5.41) is 9.82. The number of aromatic amines is 1. The van der Waals surface area contributed by atoms with Crippen molar-refractivity contribution < 1.29 is 8.42 Å². The fourth-order valence-electron chi connectivity index (χ4n) is 3.76. The highest BCUT2D eigenvalue weighted by Gasteiger charge is 2.42. The Bertz CT molecular complexity index is 596. The van der Waals surface area contributed by atoms with Crippen LogP contribution in [0.2, 0.25) is 0 Å². The maximum absolute atomic E-state index is 12.6. The largest absolute Gasteiger partial charge is 0.314 e. The molecule has 20 heavy (non-hydrogen) atoms. The molecule has 3 N–H and O–H groups in total. The standard InChI is InChI=1S/C13H22N4O2S/c1-8-13(12(7-14-2)16-15-8)20(18,19)17-11-6-9-3-4-10(11)5-9/h9-11,14,17H,3-7H2,1-2H3,(H,15,16). The number of fused-ring (bicyclic) bond motifs is 2. The summed E-state index contributed by atoms with van der Waals surface area (Å²) in [5.41, 5.74) is 1.16. The van der Waals surface area contributed by atoms with Crippen molar-refractivity contribution in [2.75, 3.05) is 7.05 Å². The van der Waals surface area contributed by atoms with E-state index in [1.54, 1.807) is 14.0 Å². The molecule has 0 aromatic carbocycles. The minimum atomic E-state index is -3.49. The van der Waals surface area contributed by atoms with Crippen molar-refractivity contribution in [2.24, 2.45) is 11.8 Å². The maximum atomic E-state index is 12.6. The van der Waals surface area contributed by atoms with Crippen LogP contribution >= 0.6 is 0 Å². The fourth-order valence-corrected chi connectivity index (χ4v) is 5.44. The Morgan fingerprint density at radius 2 is 2.15 bits per heavy atom. The van der Waals surface area contributed by atoms with Gasteiger partial charge in [-0.05, 0) is 45.1 Å². The van der Waals surface area contributed by atoms with Gasteiger partial charge in [-0.1, -0.05) is 6.42 Å². The van der Waals surface area contributed by atoms with Crippen LogP contribution < -0.4 is 10.0 Å². The normalized spacial score (nSPS) is 29.2. The van der Waals surface area contributed by atoms with Gasteiger partial charge in [-0.15, -0.1) is 0 Å². The van der Waals surface area contributed by atoms with Crippen molar-refractivity contribution in [3.8, 4) is 0 Å². The number of aryl methyl sites for hydroxylation is 1. The molecule has 0 aliphatic heterocycles. The van der Waals surface area contributed by atoms with Gasteiger partial charge in [0.25, 0.3) is 0 Å². The summed E-state index contributed by atoms with van der Waals surface area (Å²) in [4.78, 5) is 0.314. The summed E-state index contributed by atoms with van der Waals surface area (Å²) in [6.07, 6.45) is 4.59. The van der Waals surface area contributed by atoms with E-state index in [-0.39, 0.29) is 6.04 Å². The van der Waals surface area contributed by atoms with Gasteiger partial charge in [0, 0.05) is 12.6 Å². The van der Waals surface area contributed by atoms with E-state index >= 15 is 0 Å². The molecule has 6 nitrogen and oxygen atoms in total. The van der Waals surface area contributed by atoms with Crippen LogP contribution in [0.1, 0.15) is 37.1 Å². The molecular weight excluding hydrogens is 276 g/mol. The van der Waals surface area contributed by atoms with Crippen molar-refractivity contribution in [3.05, 3.63) is 11.4 Å². The lowest BCUT2D eigenvalue weighted by molar-refractivity contribution is 0.390. The van der Waals surface area contributed by atoms with Gasteiger partial charge < -0.3 is 5.32 Å². The van der Waals surface area contributed by atoms with E-state index in [1.807, 2.05) is 0 Å². The molecule has 2 aliphatic rings. The van der Waals surface area contributed by atoms with Crippen molar-refractivity contribution in [3.63, 3.8) is 0 Å². The number of sulfonamides is 1. The lowest BCUT2D eigenvalue weighted by atomic mass is 9.96. The number of H-pyrrole nitrogens is 1. The predicted octanol–water partition coefficient (Wildman–Crippen LogP) is 0.904. The van der Waals surface area contributed by atoms with E-state index in [0.29, 0.717) is 28.7 Å². The third-order valence-corrected chi connectivity index (χ3v) is 6.31. The Morgan fingerprint density at radius 1 is 1.35 bits per heavy atom. The van der Waals surface area contributed by atoms with Gasteiger partial charge in [0.2, 0.25) is 10.0 Å². The van der Waals surface area contributed by atoms with Crippen LogP contribution in [0.15, 0.2) is 4.90 Å². The zero-order chi connectivity index (χ0) is 14.3. The lowest BCUT2D eigenvalue weighted by Crippen LogP contribution is -2.39. The van der Waals surface area contributed by atoms with Gasteiger partial charge in [-0.2, -0.15) is 5.10 Å². The molecule has 0 saturated heterocycles. The van der Waals surface area contributed by atoms with E-state index < -0.39 is 10.0 Å². The topological polar surface area (TPSA) is 86.9 Å². The monoisotopic (exact) mass is 298 g/mol. The van der Waals surface area contributed by atoms with Gasteiger partial charge in [-0.25, -0.2) is 13.1 Å². The molecule has 0 spiro atoms. The van der Waals surface area contributed by atoms with Crippen molar-refractivity contribution in [1.29, 1.82) is 0 Å². The molecule has 3 atom stereocenters. The Balaban J connectivity index is 1.83. The molecule has 7 heteroatoms.